The maximum atomic E-state index is 12.2. The van der Waals surface area contributed by atoms with Gasteiger partial charge in [-0.05, 0) is 48.1 Å². The minimum Gasteiger partial charge on any atom is -0.366 e. The maximum Gasteiger partial charge on any atom is 0.250 e. The predicted molar refractivity (Wildman–Crippen MR) is 126 cm³/mol. The van der Waals surface area contributed by atoms with Crippen LogP contribution in [0.25, 0.3) is 6.08 Å². The van der Waals surface area contributed by atoms with E-state index in [0.29, 0.717) is 18.1 Å². The largest absolute Gasteiger partial charge is 0.366 e. The number of halogens is 1. The highest BCUT2D eigenvalue weighted by Gasteiger charge is 2.20. The monoisotopic (exact) mass is 442 g/mol. The summed E-state index contributed by atoms with van der Waals surface area (Å²) in [4.78, 5) is 27.8. The summed E-state index contributed by atoms with van der Waals surface area (Å²) in [6, 6.07) is 14.9. The van der Waals surface area contributed by atoms with E-state index in [0.717, 1.165) is 30.0 Å². The molecule has 6 nitrogen and oxygen atoms in total. The van der Waals surface area contributed by atoms with E-state index in [2.05, 4.69) is 15.5 Å². The van der Waals surface area contributed by atoms with Crippen LogP contribution < -0.4 is 15.5 Å². The van der Waals surface area contributed by atoms with Crippen LogP contribution in [0.15, 0.2) is 54.6 Å². The van der Waals surface area contributed by atoms with E-state index in [1.165, 1.54) is 6.08 Å². The molecule has 156 valence electrons. The quantitative estimate of drug-likeness (QED) is 0.560. The number of carbonyl (C=O) groups is 2. The summed E-state index contributed by atoms with van der Waals surface area (Å²) < 4.78 is 0. The zero-order chi connectivity index (χ0) is 21.5. The number of carbonyl (C=O) groups excluding carboxylic acids is 2. The molecule has 3 rings (SSSR count). The first-order valence-corrected chi connectivity index (χ1v) is 10.4. The third-order valence-corrected chi connectivity index (χ3v) is 5.21. The van der Waals surface area contributed by atoms with Gasteiger partial charge in [-0.2, -0.15) is 0 Å². The fourth-order valence-electron chi connectivity index (χ4n) is 3.17. The van der Waals surface area contributed by atoms with Crippen molar-refractivity contribution in [1.29, 1.82) is 0 Å². The van der Waals surface area contributed by atoms with Gasteiger partial charge in [0.25, 0.3) is 0 Å². The van der Waals surface area contributed by atoms with Crippen LogP contribution in [-0.4, -0.2) is 48.0 Å². The number of hydrogen-bond acceptors (Lipinski definition) is 4. The molecule has 1 aliphatic heterocycles. The Morgan fingerprint density at radius 2 is 1.70 bits per heavy atom. The minimum absolute atomic E-state index is 0.0941. The van der Waals surface area contributed by atoms with E-state index in [-0.39, 0.29) is 16.9 Å². The van der Waals surface area contributed by atoms with Crippen molar-refractivity contribution in [2.75, 3.05) is 36.4 Å². The molecule has 2 amide bonds. The van der Waals surface area contributed by atoms with Crippen molar-refractivity contribution in [3.05, 3.63) is 65.2 Å². The SMILES string of the molecule is CC(=O)N1CCN(c2ccccc2NC(=S)NC(=O)/C=C/c2ccc(Cl)cc2)CC1. The zero-order valence-corrected chi connectivity index (χ0v) is 18.2. The van der Waals surface area contributed by atoms with Crippen LogP contribution in [0.4, 0.5) is 11.4 Å². The van der Waals surface area contributed by atoms with Crippen LogP contribution in [0.5, 0.6) is 0 Å². The second kappa shape index (κ2) is 10.2. The number of piperazine rings is 1. The fourth-order valence-corrected chi connectivity index (χ4v) is 3.51. The Morgan fingerprint density at radius 3 is 2.37 bits per heavy atom. The molecule has 1 heterocycles. The lowest BCUT2D eigenvalue weighted by molar-refractivity contribution is -0.129. The number of nitrogens with zero attached hydrogens (tertiary/aromatic N) is 2. The number of anilines is 2. The average molecular weight is 443 g/mol. The summed E-state index contributed by atoms with van der Waals surface area (Å²) in [5.41, 5.74) is 2.65. The molecule has 0 radical (unpaired) electrons. The molecule has 1 aliphatic rings. The number of benzene rings is 2. The summed E-state index contributed by atoms with van der Waals surface area (Å²) in [5.74, 6) is -0.230. The minimum atomic E-state index is -0.324. The first-order chi connectivity index (χ1) is 14.4. The van der Waals surface area contributed by atoms with Gasteiger partial charge in [-0.25, -0.2) is 0 Å². The van der Waals surface area contributed by atoms with Crippen LogP contribution in [0, 0.1) is 0 Å². The van der Waals surface area contributed by atoms with E-state index >= 15 is 0 Å². The molecule has 0 bridgehead atoms. The zero-order valence-electron chi connectivity index (χ0n) is 16.6. The number of nitrogens with one attached hydrogen (secondary N) is 2. The summed E-state index contributed by atoms with van der Waals surface area (Å²) in [5, 5.41) is 6.62. The van der Waals surface area contributed by atoms with Crippen LogP contribution in [0.3, 0.4) is 0 Å². The predicted octanol–water partition coefficient (Wildman–Crippen LogP) is 3.53. The molecular weight excluding hydrogens is 420 g/mol. The van der Waals surface area contributed by atoms with E-state index in [1.54, 1.807) is 25.1 Å². The maximum absolute atomic E-state index is 12.2. The smallest absolute Gasteiger partial charge is 0.250 e. The van der Waals surface area contributed by atoms with Gasteiger partial charge in [-0.15, -0.1) is 0 Å². The van der Waals surface area contributed by atoms with E-state index in [4.69, 9.17) is 23.8 Å². The Morgan fingerprint density at radius 1 is 1.03 bits per heavy atom. The van der Waals surface area contributed by atoms with Crippen LogP contribution >= 0.6 is 23.8 Å². The van der Waals surface area contributed by atoms with Crippen molar-refractivity contribution in [2.24, 2.45) is 0 Å². The van der Waals surface area contributed by atoms with Crippen molar-refractivity contribution in [1.82, 2.24) is 10.2 Å². The van der Waals surface area contributed by atoms with Gasteiger partial charge < -0.3 is 15.1 Å². The highest BCUT2D eigenvalue weighted by atomic mass is 35.5. The van der Waals surface area contributed by atoms with Gasteiger partial charge in [0, 0.05) is 44.2 Å². The third kappa shape index (κ3) is 6.05. The van der Waals surface area contributed by atoms with Gasteiger partial charge in [-0.1, -0.05) is 35.9 Å². The summed E-state index contributed by atoms with van der Waals surface area (Å²) >= 11 is 11.2. The lowest BCUT2D eigenvalue weighted by Crippen LogP contribution is -2.48. The molecule has 2 N–H and O–H groups in total. The van der Waals surface area contributed by atoms with E-state index < -0.39 is 0 Å². The van der Waals surface area contributed by atoms with Gasteiger partial charge >= 0.3 is 0 Å². The Balaban J connectivity index is 1.58. The molecule has 0 atom stereocenters. The lowest BCUT2D eigenvalue weighted by atomic mass is 10.2. The molecule has 1 fully saturated rings. The Bertz CT molecular complexity index is 954. The van der Waals surface area contributed by atoms with Crippen molar-refractivity contribution in [3.8, 4) is 0 Å². The number of hydrogen-bond donors (Lipinski definition) is 2. The van der Waals surface area contributed by atoms with Gasteiger partial charge in [0.1, 0.15) is 0 Å². The molecule has 2 aromatic carbocycles. The average Bonchev–Trinajstić information content (AvgIpc) is 2.74. The highest BCUT2D eigenvalue weighted by molar-refractivity contribution is 7.80. The molecular formula is C22H23ClN4O2S. The van der Waals surface area contributed by atoms with E-state index in [9.17, 15) is 9.59 Å². The molecule has 0 aliphatic carbocycles. The summed E-state index contributed by atoms with van der Waals surface area (Å²) in [6.45, 7) is 4.43. The number of para-hydroxylation sites is 2. The molecule has 8 heteroatoms. The van der Waals surface area contributed by atoms with Crippen LogP contribution in [0.2, 0.25) is 5.02 Å². The van der Waals surface area contributed by atoms with Crippen molar-refractivity contribution in [3.63, 3.8) is 0 Å². The first kappa shape index (κ1) is 21.8. The second-order valence-electron chi connectivity index (χ2n) is 6.84. The number of thiocarbonyl (C=S) groups is 1. The molecule has 0 saturated carbocycles. The van der Waals surface area contributed by atoms with Crippen molar-refractivity contribution >= 4 is 58.2 Å². The second-order valence-corrected chi connectivity index (χ2v) is 7.68. The fraction of sp³-hybridized carbons (Fsp3) is 0.227. The van der Waals surface area contributed by atoms with Crippen molar-refractivity contribution in [2.45, 2.75) is 6.92 Å². The molecule has 0 spiro atoms. The van der Waals surface area contributed by atoms with Gasteiger partial charge in [0.15, 0.2) is 5.11 Å². The lowest BCUT2D eigenvalue weighted by Gasteiger charge is -2.36. The van der Waals surface area contributed by atoms with Gasteiger partial charge in [0.2, 0.25) is 11.8 Å². The van der Waals surface area contributed by atoms with E-state index in [1.807, 2.05) is 41.3 Å². The normalized spacial score (nSPS) is 13.9. The first-order valence-electron chi connectivity index (χ1n) is 9.57. The summed E-state index contributed by atoms with van der Waals surface area (Å²) in [7, 11) is 0. The molecule has 0 unspecified atom stereocenters. The summed E-state index contributed by atoms with van der Waals surface area (Å²) in [6.07, 6.45) is 3.11. The third-order valence-electron chi connectivity index (χ3n) is 4.75. The van der Waals surface area contributed by atoms with Crippen LogP contribution in [0.1, 0.15) is 12.5 Å². The molecule has 0 aromatic heterocycles. The van der Waals surface area contributed by atoms with Crippen LogP contribution in [-0.2, 0) is 9.59 Å². The Hall–Kier alpha value is -2.90. The number of rotatable bonds is 4. The molecule has 2 aromatic rings. The topological polar surface area (TPSA) is 64.7 Å². The van der Waals surface area contributed by atoms with Crippen molar-refractivity contribution < 1.29 is 9.59 Å². The molecule has 1 saturated heterocycles. The highest BCUT2D eigenvalue weighted by Crippen LogP contribution is 2.26. The standard InChI is InChI=1S/C22H23ClN4O2S/c1-16(28)26-12-14-27(15-13-26)20-5-3-2-4-19(20)24-22(30)25-21(29)11-8-17-6-9-18(23)10-7-17/h2-11H,12-15H2,1H3,(H2,24,25,29,30)/b11-8+. The Labute approximate surface area is 186 Å². The number of amides is 2. The van der Waals surface area contributed by atoms with Gasteiger partial charge in [0.05, 0.1) is 11.4 Å². The molecule has 30 heavy (non-hydrogen) atoms. The van der Waals surface area contributed by atoms with Gasteiger partial charge in [-0.3, -0.25) is 14.9 Å². The Kier molecular flexibility index (Phi) is 7.43.